The van der Waals surface area contributed by atoms with Crippen LogP contribution in [0.4, 0.5) is 0 Å². The van der Waals surface area contributed by atoms with Gasteiger partial charge in [-0.2, -0.15) is 0 Å². The van der Waals surface area contributed by atoms with E-state index in [-0.39, 0.29) is 11.9 Å². The van der Waals surface area contributed by atoms with Gasteiger partial charge in [0.15, 0.2) is 0 Å². The molecule has 110 valence electrons. The van der Waals surface area contributed by atoms with Gasteiger partial charge in [-0.1, -0.05) is 30.7 Å². The number of aliphatic hydroxyl groups is 1. The van der Waals surface area contributed by atoms with Crippen molar-refractivity contribution in [3.8, 4) is 0 Å². The molecule has 1 aromatic rings. The van der Waals surface area contributed by atoms with Gasteiger partial charge in [0.25, 0.3) is 0 Å². The van der Waals surface area contributed by atoms with Crippen LogP contribution in [-0.2, 0) is 15.1 Å². The number of carbonyl (C=O) groups is 1. The predicted octanol–water partition coefficient (Wildman–Crippen LogP) is 3.53. The number of hydrogen-bond donors (Lipinski definition) is 1. The summed E-state index contributed by atoms with van der Waals surface area (Å²) in [5, 5.41) is 11.8. The molecule has 1 aromatic carbocycles. The Kier molecular flexibility index (Phi) is 4.71. The Morgan fingerprint density at radius 2 is 2.00 bits per heavy atom. The molecular weight excluding hydrogens is 276 g/mol. The maximum absolute atomic E-state index is 12.2. The average molecular weight is 297 g/mol. The van der Waals surface area contributed by atoms with Gasteiger partial charge >= 0.3 is 5.97 Å². The highest BCUT2D eigenvalue weighted by molar-refractivity contribution is 6.30. The molecule has 3 nitrogen and oxygen atoms in total. The molecule has 1 aliphatic rings. The van der Waals surface area contributed by atoms with E-state index in [1.54, 1.807) is 19.1 Å². The maximum atomic E-state index is 12.2. The standard InChI is InChI=1S/C16H21ClO3/c1-3-14(15(18)20-4-2)16(19,11-5-6-11)12-7-9-13(17)10-8-12/h7-11,14,19H,3-6H2,1-2H3. The lowest BCUT2D eigenvalue weighted by Gasteiger charge is -2.35. The molecule has 0 radical (unpaired) electrons. The van der Waals surface area contributed by atoms with Gasteiger partial charge < -0.3 is 9.84 Å². The van der Waals surface area contributed by atoms with Crippen molar-refractivity contribution in [3.63, 3.8) is 0 Å². The van der Waals surface area contributed by atoms with Gasteiger partial charge in [0.2, 0.25) is 0 Å². The molecule has 0 bridgehead atoms. The SMILES string of the molecule is CCOC(=O)C(CC)C(O)(c1ccc(Cl)cc1)C1CC1. The minimum absolute atomic E-state index is 0.123. The number of hydrogen-bond acceptors (Lipinski definition) is 3. The van der Waals surface area contributed by atoms with Crippen molar-refractivity contribution < 1.29 is 14.6 Å². The molecule has 1 fully saturated rings. The molecule has 1 N–H and O–H groups in total. The van der Waals surface area contributed by atoms with Crippen molar-refractivity contribution in [1.29, 1.82) is 0 Å². The molecule has 0 heterocycles. The van der Waals surface area contributed by atoms with Gasteiger partial charge in [-0.15, -0.1) is 0 Å². The number of halogens is 1. The third kappa shape index (κ3) is 2.84. The fourth-order valence-corrected chi connectivity index (χ4v) is 2.99. The van der Waals surface area contributed by atoms with Crippen molar-refractivity contribution >= 4 is 17.6 Å². The van der Waals surface area contributed by atoms with E-state index >= 15 is 0 Å². The Hall–Kier alpha value is -1.06. The van der Waals surface area contributed by atoms with Crippen LogP contribution in [0.25, 0.3) is 0 Å². The molecule has 20 heavy (non-hydrogen) atoms. The van der Waals surface area contributed by atoms with Crippen LogP contribution < -0.4 is 0 Å². The number of carbonyl (C=O) groups excluding carboxylic acids is 1. The van der Waals surface area contributed by atoms with Gasteiger partial charge in [-0.3, -0.25) is 4.79 Å². The van der Waals surface area contributed by atoms with Crippen LogP contribution in [0.3, 0.4) is 0 Å². The van der Waals surface area contributed by atoms with E-state index in [4.69, 9.17) is 16.3 Å². The first-order valence-corrected chi connectivity index (χ1v) is 7.56. The average Bonchev–Trinajstić information content (AvgIpc) is 3.25. The quantitative estimate of drug-likeness (QED) is 0.817. The highest BCUT2D eigenvalue weighted by Gasteiger charge is 2.52. The molecular formula is C16H21ClO3. The topological polar surface area (TPSA) is 46.5 Å². The zero-order valence-corrected chi connectivity index (χ0v) is 12.7. The third-order valence-corrected chi connectivity index (χ3v) is 4.27. The van der Waals surface area contributed by atoms with E-state index in [2.05, 4.69) is 0 Å². The van der Waals surface area contributed by atoms with E-state index < -0.39 is 11.5 Å². The van der Waals surface area contributed by atoms with Crippen LogP contribution in [0.5, 0.6) is 0 Å². The predicted molar refractivity (Wildman–Crippen MR) is 78.5 cm³/mol. The normalized spacial score (nSPS) is 19.2. The Bertz CT molecular complexity index is 467. The summed E-state index contributed by atoms with van der Waals surface area (Å²) in [6, 6.07) is 7.12. The van der Waals surface area contributed by atoms with Crippen molar-refractivity contribution in [2.24, 2.45) is 11.8 Å². The van der Waals surface area contributed by atoms with E-state index in [0.717, 1.165) is 18.4 Å². The van der Waals surface area contributed by atoms with E-state index in [1.165, 1.54) is 0 Å². The molecule has 0 spiro atoms. The number of rotatable bonds is 6. The van der Waals surface area contributed by atoms with Gasteiger partial charge in [-0.25, -0.2) is 0 Å². The van der Waals surface area contributed by atoms with Crippen LogP contribution in [0.1, 0.15) is 38.7 Å². The van der Waals surface area contributed by atoms with E-state index in [1.807, 2.05) is 19.1 Å². The van der Waals surface area contributed by atoms with Gasteiger partial charge in [0, 0.05) is 5.02 Å². The molecule has 0 aromatic heterocycles. The molecule has 2 unspecified atom stereocenters. The fraction of sp³-hybridized carbons (Fsp3) is 0.562. The Morgan fingerprint density at radius 1 is 1.40 bits per heavy atom. The summed E-state index contributed by atoms with van der Waals surface area (Å²) in [6.07, 6.45) is 2.43. The summed E-state index contributed by atoms with van der Waals surface area (Å²) in [6.45, 7) is 4.02. The molecule has 0 saturated heterocycles. The third-order valence-electron chi connectivity index (χ3n) is 4.02. The number of ether oxygens (including phenoxy) is 1. The smallest absolute Gasteiger partial charge is 0.312 e. The van der Waals surface area contributed by atoms with Crippen LogP contribution in [-0.4, -0.2) is 17.7 Å². The van der Waals surface area contributed by atoms with Crippen molar-refractivity contribution in [3.05, 3.63) is 34.9 Å². The van der Waals surface area contributed by atoms with E-state index in [0.29, 0.717) is 18.1 Å². The lowest BCUT2D eigenvalue weighted by atomic mass is 9.76. The lowest BCUT2D eigenvalue weighted by Crippen LogP contribution is -2.42. The molecule has 2 atom stereocenters. The van der Waals surface area contributed by atoms with Crippen LogP contribution in [0.15, 0.2) is 24.3 Å². The second kappa shape index (κ2) is 6.15. The summed E-state index contributed by atoms with van der Waals surface area (Å²) in [5.74, 6) is -0.728. The summed E-state index contributed by atoms with van der Waals surface area (Å²) < 4.78 is 5.14. The Labute approximate surface area is 124 Å². The minimum Gasteiger partial charge on any atom is -0.466 e. The fourth-order valence-electron chi connectivity index (χ4n) is 2.86. The van der Waals surface area contributed by atoms with Gasteiger partial charge in [0.1, 0.15) is 5.60 Å². The minimum atomic E-state index is -1.15. The van der Waals surface area contributed by atoms with Crippen molar-refractivity contribution in [2.45, 2.75) is 38.7 Å². The first kappa shape index (κ1) is 15.3. The largest absolute Gasteiger partial charge is 0.466 e. The number of benzene rings is 1. The molecule has 1 saturated carbocycles. The van der Waals surface area contributed by atoms with Gasteiger partial charge in [-0.05, 0) is 49.8 Å². The summed E-state index contributed by atoms with van der Waals surface area (Å²) >= 11 is 5.91. The van der Waals surface area contributed by atoms with Crippen molar-refractivity contribution in [2.75, 3.05) is 6.61 Å². The zero-order valence-electron chi connectivity index (χ0n) is 11.9. The second-order valence-electron chi connectivity index (χ2n) is 5.32. The van der Waals surface area contributed by atoms with Crippen molar-refractivity contribution in [1.82, 2.24) is 0 Å². The molecule has 2 rings (SSSR count). The van der Waals surface area contributed by atoms with Crippen LogP contribution in [0, 0.1) is 11.8 Å². The lowest BCUT2D eigenvalue weighted by molar-refractivity contribution is -0.162. The summed E-state index contributed by atoms with van der Waals surface area (Å²) in [7, 11) is 0. The second-order valence-corrected chi connectivity index (χ2v) is 5.76. The molecule has 1 aliphatic carbocycles. The maximum Gasteiger partial charge on any atom is 0.312 e. The monoisotopic (exact) mass is 296 g/mol. The highest BCUT2D eigenvalue weighted by Crippen LogP contribution is 2.51. The molecule has 0 aliphatic heterocycles. The first-order valence-electron chi connectivity index (χ1n) is 7.19. The van der Waals surface area contributed by atoms with Crippen LogP contribution >= 0.6 is 11.6 Å². The molecule has 0 amide bonds. The Balaban J connectivity index is 2.37. The zero-order chi connectivity index (χ0) is 14.8. The summed E-state index contributed by atoms with van der Waals surface area (Å²) in [4.78, 5) is 12.2. The molecule has 4 heteroatoms. The number of esters is 1. The first-order chi connectivity index (χ1) is 9.53. The van der Waals surface area contributed by atoms with E-state index in [9.17, 15) is 9.90 Å². The summed E-state index contributed by atoms with van der Waals surface area (Å²) in [5.41, 5.74) is -0.393. The highest BCUT2D eigenvalue weighted by atomic mass is 35.5. The van der Waals surface area contributed by atoms with Crippen LogP contribution in [0.2, 0.25) is 5.02 Å². The Morgan fingerprint density at radius 3 is 2.45 bits per heavy atom. The van der Waals surface area contributed by atoms with Gasteiger partial charge in [0.05, 0.1) is 12.5 Å².